The molecule has 2 N–H and O–H groups in total. The number of rotatable bonds is 6. The molecule has 6 heteroatoms. The lowest BCUT2D eigenvalue weighted by molar-refractivity contribution is -0.131. The van der Waals surface area contributed by atoms with Crippen molar-refractivity contribution >= 4 is 15.7 Å². The van der Waals surface area contributed by atoms with Crippen molar-refractivity contribution < 1.29 is 13.2 Å². The Kier molecular flexibility index (Phi) is 5.96. The molecule has 5 nitrogen and oxygen atoms in total. The van der Waals surface area contributed by atoms with Crippen molar-refractivity contribution in [3.8, 4) is 0 Å². The number of sulfone groups is 1. The van der Waals surface area contributed by atoms with E-state index in [1.54, 1.807) is 7.05 Å². The third-order valence-electron chi connectivity index (χ3n) is 2.22. The highest BCUT2D eigenvalue weighted by atomic mass is 32.2. The highest BCUT2D eigenvalue weighted by Crippen LogP contribution is 2.05. The zero-order valence-electron chi connectivity index (χ0n) is 10.4. The molecule has 0 aromatic heterocycles. The minimum Gasteiger partial charge on any atom is -0.343 e. The second-order valence-corrected chi connectivity index (χ2v) is 6.89. The van der Waals surface area contributed by atoms with Crippen LogP contribution in [0, 0.1) is 5.92 Å². The molecule has 1 atom stereocenters. The van der Waals surface area contributed by atoms with Crippen LogP contribution < -0.4 is 5.73 Å². The Morgan fingerprint density at radius 2 is 1.88 bits per heavy atom. The zero-order valence-corrected chi connectivity index (χ0v) is 11.3. The van der Waals surface area contributed by atoms with E-state index in [4.69, 9.17) is 5.73 Å². The summed E-state index contributed by atoms with van der Waals surface area (Å²) in [5.74, 6) is 0.128. The maximum absolute atomic E-state index is 11.7. The van der Waals surface area contributed by atoms with Crippen molar-refractivity contribution in [1.29, 1.82) is 0 Å². The summed E-state index contributed by atoms with van der Waals surface area (Å²) in [4.78, 5) is 13.1. The molecular formula is C10H22N2O3S. The van der Waals surface area contributed by atoms with Crippen LogP contribution in [-0.2, 0) is 14.6 Å². The van der Waals surface area contributed by atoms with Crippen LogP contribution in [0.5, 0.6) is 0 Å². The summed E-state index contributed by atoms with van der Waals surface area (Å²) in [7, 11) is -1.46. The van der Waals surface area contributed by atoms with Gasteiger partial charge in [0.05, 0.1) is 11.8 Å². The molecule has 0 aliphatic carbocycles. The Bertz CT molecular complexity index is 325. The smallest absolute Gasteiger partial charge is 0.239 e. The molecule has 0 saturated heterocycles. The predicted molar refractivity (Wildman–Crippen MR) is 64.8 cm³/mol. The van der Waals surface area contributed by atoms with Crippen molar-refractivity contribution in [3.05, 3.63) is 0 Å². The summed E-state index contributed by atoms with van der Waals surface area (Å²) in [5.41, 5.74) is 5.72. The van der Waals surface area contributed by atoms with Crippen molar-refractivity contribution in [1.82, 2.24) is 4.90 Å². The van der Waals surface area contributed by atoms with Gasteiger partial charge in [-0.15, -0.1) is 0 Å². The highest BCUT2D eigenvalue weighted by Gasteiger charge is 2.19. The lowest BCUT2D eigenvalue weighted by Gasteiger charge is -2.21. The average Bonchev–Trinajstić information content (AvgIpc) is 2.10. The van der Waals surface area contributed by atoms with E-state index in [-0.39, 0.29) is 18.2 Å². The van der Waals surface area contributed by atoms with Crippen LogP contribution in [0.25, 0.3) is 0 Å². The van der Waals surface area contributed by atoms with Crippen LogP contribution in [0.1, 0.15) is 20.3 Å². The number of carbonyl (C=O) groups is 1. The van der Waals surface area contributed by atoms with Crippen LogP contribution in [0.3, 0.4) is 0 Å². The molecule has 0 aromatic rings. The SMILES string of the molecule is CC(C)CC(N)C(=O)N(C)CCS(C)(=O)=O. The molecule has 0 spiro atoms. The standard InChI is InChI=1S/C10H22N2O3S/c1-8(2)7-9(11)10(13)12(3)5-6-16(4,14)15/h8-9H,5-7,11H2,1-4H3. The van der Waals surface area contributed by atoms with Gasteiger partial charge in [-0.3, -0.25) is 4.79 Å². The molecule has 1 amide bonds. The van der Waals surface area contributed by atoms with Crippen LogP contribution in [-0.4, -0.2) is 50.9 Å². The zero-order chi connectivity index (χ0) is 12.9. The largest absolute Gasteiger partial charge is 0.343 e. The lowest BCUT2D eigenvalue weighted by Crippen LogP contribution is -2.44. The van der Waals surface area contributed by atoms with Crippen LogP contribution in [0.4, 0.5) is 0 Å². The molecule has 0 fully saturated rings. The van der Waals surface area contributed by atoms with Gasteiger partial charge in [-0.05, 0) is 12.3 Å². The highest BCUT2D eigenvalue weighted by molar-refractivity contribution is 7.90. The summed E-state index contributed by atoms with van der Waals surface area (Å²) in [6, 6.07) is -0.537. The maximum Gasteiger partial charge on any atom is 0.239 e. The summed E-state index contributed by atoms with van der Waals surface area (Å²) in [6.07, 6.45) is 1.77. The van der Waals surface area contributed by atoms with E-state index in [0.29, 0.717) is 12.3 Å². The van der Waals surface area contributed by atoms with Gasteiger partial charge < -0.3 is 10.6 Å². The normalized spacial score (nSPS) is 13.9. The number of hydrogen-bond acceptors (Lipinski definition) is 4. The Morgan fingerprint density at radius 1 is 1.38 bits per heavy atom. The molecule has 0 aliphatic heterocycles. The van der Waals surface area contributed by atoms with E-state index in [9.17, 15) is 13.2 Å². The van der Waals surface area contributed by atoms with Gasteiger partial charge in [-0.1, -0.05) is 13.8 Å². The van der Waals surface area contributed by atoms with Gasteiger partial charge in [0, 0.05) is 19.8 Å². The van der Waals surface area contributed by atoms with E-state index < -0.39 is 15.9 Å². The quantitative estimate of drug-likeness (QED) is 0.711. The van der Waals surface area contributed by atoms with Gasteiger partial charge in [0.15, 0.2) is 0 Å². The fraction of sp³-hybridized carbons (Fsp3) is 0.900. The average molecular weight is 250 g/mol. The van der Waals surface area contributed by atoms with Crippen LogP contribution >= 0.6 is 0 Å². The van der Waals surface area contributed by atoms with Crippen molar-refractivity contribution in [2.75, 3.05) is 25.6 Å². The Morgan fingerprint density at radius 3 is 2.25 bits per heavy atom. The molecular weight excluding hydrogens is 228 g/mol. The van der Waals surface area contributed by atoms with Crippen molar-refractivity contribution in [2.24, 2.45) is 11.7 Å². The first-order chi connectivity index (χ1) is 7.13. The van der Waals surface area contributed by atoms with Gasteiger partial charge in [-0.2, -0.15) is 0 Å². The molecule has 16 heavy (non-hydrogen) atoms. The molecule has 0 saturated carbocycles. The van der Waals surface area contributed by atoms with E-state index in [1.807, 2.05) is 13.8 Å². The van der Waals surface area contributed by atoms with Crippen molar-refractivity contribution in [3.63, 3.8) is 0 Å². The first-order valence-corrected chi connectivity index (χ1v) is 7.38. The van der Waals surface area contributed by atoms with E-state index in [0.717, 1.165) is 6.26 Å². The van der Waals surface area contributed by atoms with Crippen LogP contribution in [0.15, 0.2) is 0 Å². The van der Waals surface area contributed by atoms with Gasteiger partial charge in [0.2, 0.25) is 5.91 Å². The third kappa shape index (κ3) is 6.79. The number of likely N-dealkylation sites (N-methyl/N-ethyl adjacent to an activating group) is 1. The van der Waals surface area contributed by atoms with E-state index in [1.165, 1.54) is 4.90 Å². The summed E-state index contributed by atoms with van der Waals surface area (Å²) >= 11 is 0. The van der Waals surface area contributed by atoms with Gasteiger partial charge in [0.1, 0.15) is 9.84 Å². The summed E-state index contributed by atoms with van der Waals surface area (Å²) < 4.78 is 21.9. The second kappa shape index (κ2) is 6.20. The molecule has 0 bridgehead atoms. The molecule has 96 valence electrons. The molecule has 1 unspecified atom stereocenters. The first-order valence-electron chi connectivity index (χ1n) is 5.31. The third-order valence-corrected chi connectivity index (χ3v) is 3.14. The minimum absolute atomic E-state index is 0.0242. The maximum atomic E-state index is 11.7. The molecule has 0 aromatic carbocycles. The molecule has 0 rings (SSSR count). The Labute approximate surface area is 97.9 Å². The van der Waals surface area contributed by atoms with Crippen LogP contribution in [0.2, 0.25) is 0 Å². The monoisotopic (exact) mass is 250 g/mol. The van der Waals surface area contributed by atoms with E-state index in [2.05, 4.69) is 0 Å². The number of carbonyl (C=O) groups excluding carboxylic acids is 1. The number of nitrogens with two attached hydrogens (primary N) is 1. The lowest BCUT2D eigenvalue weighted by atomic mass is 10.0. The Hall–Kier alpha value is -0.620. The minimum atomic E-state index is -3.04. The topological polar surface area (TPSA) is 80.5 Å². The van der Waals surface area contributed by atoms with Gasteiger partial charge >= 0.3 is 0 Å². The summed E-state index contributed by atoms with van der Waals surface area (Å²) in [6.45, 7) is 4.18. The first kappa shape index (κ1) is 15.4. The summed E-state index contributed by atoms with van der Waals surface area (Å²) in [5, 5.41) is 0. The van der Waals surface area contributed by atoms with Crippen molar-refractivity contribution in [2.45, 2.75) is 26.3 Å². The fourth-order valence-corrected chi connectivity index (χ4v) is 1.91. The molecule has 0 aliphatic rings. The van der Waals surface area contributed by atoms with E-state index >= 15 is 0 Å². The fourth-order valence-electron chi connectivity index (χ4n) is 1.30. The Balaban J connectivity index is 4.18. The van der Waals surface area contributed by atoms with Gasteiger partial charge in [0.25, 0.3) is 0 Å². The van der Waals surface area contributed by atoms with Gasteiger partial charge in [-0.25, -0.2) is 8.42 Å². The number of nitrogens with zero attached hydrogens (tertiary/aromatic N) is 1. The molecule has 0 heterocycles. The number of amides is 1. The second-order valence-electron chi connectivity index (χ2n) is 4.63. The molecule has 0 radical (unpaired) electrons. The number of hydrogen-bond donors (Lipinski definition) is 1. The predicted octanol–water partition coefficient (Wildman–Crippen LogP) is -0.137.